The van der Waals surface area contributed by atoms with Crippen LogP contribution in [0.2, 0.25) is 0 Å². The van der Waals surface area contributed by atoms with E-state index in [1.165, 1.54) is 6.92 Å². The lowest BCUT2D eigenvalue weighted by Crippen LogP contribution is -2.33. The number of nitrogens with zero attached hydrogens (tertiary/aromatic N) is 1. The molecule has 0 radical (unpaired) electrons. The molecule has 136 valence electrons. The molecule has 0 aliphatic heterocycles. The summed E-state index contributed by atoms with van der Waals surface area (Å²) >= 11 is 0. The fourth-order valence-corrected chi connectivity index (χ4v) is 2.45. The van der Waals surface area contributed by atoms with E-state index in [0.29, 0.717) is 24.5 Å². The average molecular weight is 351 g/mol. The lowest BCUT2D eigenvalue weighted by atomic mass is 10.2. The quantitative estimate of drug-likeness (QED) is 0.764. The van der Waals surface area contributed by atoms with Gasteiger partial charge in [-0.1, -0.05) is 49.4 Å². The predicted octanol–water partition coefficient (Wildman–Crippen LogP) is 3.62. The molecule has 0 bridgehead atoms. The fraction of sp³-hybridized carbons (Fsp3) is 0.238. The van der Waals surface area contributed by atoms with Crippen molar-refractivity contribution in [3.05, 3.63) is 66.2 Å². The Morgan fingerprint density at radius 1 is 0.962 bits per heavy atom. The van der Waals surface area contributed by atoms with Crippen LogP contribution in [0.25, 0.3) is 6.08 Å². The molecule has 2 amide bonds. The molecular weight excluding hydrogens is 326 g/mol. The minimum atomic E-state index is -0.121. The summed E-state index contributed by atoms with van der Waals surface area (Å²) in [6.07, 6.45) is 4.12. The van der Waals surface area contributed by atoms with Crippen molar-refractivity contribution in [1.82, 2.24) is 4.90 Å². The van der Waals surface area contributed by atoms with Gasteiger partial charge in [0.2, 0.25) is 11.8 Å². The van der Waals surface area contributed by atoms with E-state index in [1.54, 1.807) is 24.3 Å². The Morgan fingerprint density at radius 2 is 1.58 bits per heavy atom. The Morgan fingerprint density at radius 3 is 2.15 bits per heavy atom. The molecule has 0 fully saturated rings. The number of rotatable bonds is 8. The molecular formula is C21H25N3O2. The number of hydrogen-bond acceptors (Lipinski definition) is 3. The van der Waals surface area contributed by atoms with Gasteiger partial charge in [-0.2, -0.15) is 0 Å². The first-order valence-electron chi connectivity index (χ1n) is 8.68. The maximum absolute atomic E-state index is 12.2. The van der Waals surface area contributed by atoms with Crippen molar-refractivity contribution < 1.29 is 9.59 Å². The number of nitrogens with one attached hydrogen (secondary N) is 2. The molecule has 2 rings (SSSR count). The van der Waals surface area contributed by atoms with E-state index in [4.69, 9.17) is 0 Å². The second kappa shape index (κ2) is 10.2. The third-order valence-electron chi connectivity index (χ3n) is 3.78. The molecule has 0 heterocycles. The molecule has 0 atom stereocenters. The van der Waals surface area contributed by atoms with Crippen LogP contribution in [0.5, 0.6) is 0 Å². The second-order valence-electron chi connectivity index (χ2n) is 5.95. The lowest BCUT2D eigenvalue weighted by Gasteiger charge is -2.18. The normalized spacial score (nSPS) is 10.9. The zero-order valence-electron chi connectivity index (χ0n) is 15.2. The highest BCUT2D eigenvalue weighted by molar-refractivity contribution is 5.93. The summed E-state index contributed by atoms with van der Waals surface area (Å²) in [5.74, 6) is -0.184. The van der Waals surface area contributed by atoms with Gasteiger partial charge in [0.1, 0.15) is 0 Å². The molecule has 0 spiro atoms. The van der Waals surface area contributed by atoms with Crippen LogP contribution in [0.3, 0.4) is 0 Å². The number of amides is 2. The molecule has 0 saturated carbocycles. The van der Waals surface area contributed by atoms with Crippen molar-refractivity contribution in [3.63, 3.8) is 0 Å². The smallest absolute Gasteiger partial charge is 0.238 e. The Balaban J connectivity index is 1.82. The largest absolute Gasteiger partial charge is 0.326 e. The average Bonchev–Trinajstić information content (AvgIpc) is 2.63. The predicted molar refractivity (Wildman–Crippen MR) is 107 cm³/mol. The summed E-state index contributed by atoms with van der Waals surface area (Å²) < 4.78 is 0. The summed E-state index contributed by atoms with van der Waals surface area (Å²) in [7, 11) is 0. The van der Waals surface area contributed by atoms with Crippen LogP contribution in [0.1, 0.15) is 19.4 Å². The summed E-state index contributed by atoms with van der Waals surface area (Å²) in [6.45, 7) is 5.31. The molecule has 5 heteroatoms. The molecule has 0 aliphatic rings. The highest BCUT2D eigenvalue weighted by Gasteiger charge is 2.08. The van der Waals surface area contributed by atoms with Gasteiger partial charge in [-0.3, -0.25) is 14.5 Å². The number of carbonyl (C=O) groups excluding carboxylic acids is 2. The van der Waals surface area contributed by atoms with Crippen molar-refractivity contribution in [2.45, 2.75) is 13.8 Å². The molecule has 0 aromatic heterocycles. The van der Waals surface area contributed by atoms with E-state index in [2.05, 4.69) is 27.7 Å². The number of likely N-dealkylation sites (N-methyl/N-ethyl adjacent to an activating group) is 1. The summed E-state index contributed by atoms with van der Waals surface area (Å²) in [4.78, 5) is 25.3. The van der Waals surface area contributed by atoms with Crippen molar-refractivity contribution in [2.75, 3.05) is 30.3 Å². The van der Waals surface area contributed by atoms with Crippen LogP contribution in [-0.4, -0.2) is 36.3 Å². The summed E-state index contributed by atoms with van der Waals surface area (Å²) in [6, 6.07) is 17.2. The van der Waals surface area contributed by atoms with Crippen molar-refractivity contribution in [3.8, 4) is 0 Å². The summed E-state index contributed by atoms with van der Waals surface area (Å²) in [5, 5.41) is 5.57. The molecule has 0 unspecified atom stereocenters. The highest BCUT2D eigenvalue weighted by Crippen LogP contribution is 2.13. The van der Waals surface area contributed by atoms with Gasteiger partial charge >= 0.3 is 0 Å². The van der Waals surface area contributed by atoms with Crippen LogP contribution in [-0.2, 0) is 9.59 Å². The summed E-state index contributed by atoms with van der Waals surface area (Å²) in [5.41, 5.74) is 2.56. The minimum Gasteiger partial charge on any atom is -0.326 e. The van der Waals surface area contributed by atoms with Crippen molar-refractivity contribution in [1.29, 1.82) is 0 Å². The van der Waals surface area contributed by atoms with Gasteiger partial charge < -0.3 is 10.6 Å². The van der Waals surface area contributed by atoms with Gasteiger partial charge in [-0.05, 0) is 36.4 Å². The zero-order valence-corrected chi connectivity index (χ0v) is 15.2. The van der Waals surface area contributed by atoms with Crippen molar-refractivity contribution in [2.24, 2.45) is 0 Å². The van der Waals surface area contributed by atoms with Gasteiger partial charge in [-0.15, -0.1) is 0 Å². The number of benzene rings is 2. The molecule has 5 nitrogen and oxygen atoms in total. The number of anilines is 2. The fourth-order valence-electron chi connectivity index (χ4n) is 2.45. The van der Waals surface area contributed by atoms with Gasteiger partial charge in [0.25, 0.3) is 0 Å². The first-order valence-corrected chi connectivity index (χ1v) is 8.68. The molecule has 26 heavy (non-hydrogen) atoms. The monoisotopic (exact) mass is 351 g/mol. The second-order valence-corrected chi connectivity index (χ2v) is 5.95. The standard InChI is InChI=1S/C21H25N3O2/c1-3-24(15-7-10-18-8-5-4-6-9-18)16-21(26)23-20-13-11-19(12-14-20)22-17(2)25/h4-14H,3,15-16H2,1-2H3,(H,22,25)(H,23,26)/b10-7+. The van der Waals surface area contributed by atoms with E-state index in [0.717, 1.165) is 12.1 Å². The lowest BCUT2D eigenvalue weighted by molar-refractivity contribution is -0.117. The van der Waals surface area contributed by atoms with E-state index in [1.807, 2.05) is 37.3 Å². The Bertz CT molecular complexity index is 740. The maximum Gasteiger partial charge on any atom is 0.238 e. The van der Waals surface area contributed by atoms with Crippen LogP contribution >= 0.6 is 0 Å². The van der Waals surface area contributed by atoms with E-state index in [9.17, 15) is 9.59 Å². The first kappa shape index (κ1) is 19.4. The number of hydrogen-bond donors (Lipinski definition) is 2. The first-order chi connectivity index (χ1) is 12.6. The maximum atomic E-state index is 12.2. The van der Waals surface area contributed by atoms with E-state index >= 15 is 0 Å². The van der Waals surface area contributed by atoms with Gasteiger partial charge in [0.05, 0.1) is 6.54 Å². The SMILES string of the molecule is CCN(C/C=C/c1ccccc1)CC(=O)Nc1ccc(NC(C)=O)cc1. The molecule has 2 aromatic rings. The molecule has 2 N–H and O–H groups in total. The molecule has 0 aliphatic carbocycles. The number of carbonyl (C=O) groups is 2. The third kappa shape index (κ3) is 6.91. The minimum absolute atomic E-state index is 0.0627. The van der Waals surface area contributed by atoms with Crippen molar-refractivity contribution >= 4 is 29.3 Å². The van der Waals surface area contributed by atoms with Crippen LogP contribution < -0.4 is 10.6 Å². The van der Waals surface area contributed by atoms with E-state index < -0.39 is 0 Å². The van der Waals surface area contributed by atoms with Crippen LogP contribution in [0.4, 0.5) is 11.4 Å². The van der Waals surface area contributed by atoms with Gasteiger partial charge in [-0.25, -0.2) is 0 Å². The van der Waals surface area contributed by atoms with Gasteiger partial charge in [0.15, 0.2) is 0 Å². The van der Waals surface area contributed by atoms with Gasteiger partial charge in [0, 0.05) is 24.8 Å². The Labute approximate surface area is 154 Å². The topological polar surface area (TPSA) is 61.4 Å². The Kier molecular flexibility index (Phi) is 7.58. The van der Waals surface area contributed by atoms with E-state index in [-0.39, 0.29) is 11.8 Å². The highest BCUT2D eigenvalue weighted by atomic mass is 16.2. The molecule has 0 saturated heterocycles. The Hall–Kier alpha value is -2.92. The van der Waals surface area contributed by atoms with Crippen LogP contribution in [0, 0.1) is 0 Å². The molecule has 2 aromatic carbocycles. The third-order valence-corrected chi connectivity index (χ3v) is 3.78. The zero-order chi connectivity index (χ0) is 18.8. The van der Waals surface area contributed by atoms with Crippen LogP contribution in [0.15, 0.2) is 60.7 Å².